The summed E-state index contributed by atoms with van der Waals surface area (Å²) in [5, 5.41) is 28.3. The number of halogens is 3. The molecule has 4 atom stereocenters. The second kappa shape index (κ2) is 5.72. The van der Waals surface area contributed by atoms with Gasteiger partial charge in [-0.25, -0.2) is 4.98 Å². The average Bonchev–Trinajstić information content (AvgIpc) is 2.73. The molecule has 1 fully saturated rings. The van der Waals surface area contributed by atoms with Crippen LogP contribution in [0.1, 0.15) is 17.6 Å². The van der Waals surface area contributed by atoms with Crippen molar-refractivity contribution < 1.29 is 38.0 Å². The molecule has 10 heteroatoms. The summed E-state index contributed by atoms with van der Waals surface area (Å²) in [5.74, 6) is -0.839. The lowest BCUT2D eigenvalue weighted by Crippen LogP contribution is -2.32. The first-order chi connectivity index (χ1) is 9.77. The predicted octanol–water partition coefficient (Wildman–Crippen LogP) is -0.342. The first-order valence-electron chi connectivity index (χ1n) is 5.90. The number of aliphatic hydroxyl groups is 3. The van der Waals surface area contributed by atoms with Crippen LogP contribution in [0.25, 0.3) is 0 Å². The van der Waals surface area contributed by atoms with Crippen molar-refractivity contribution in [2.75, 3.05) is 13.7 Å². The minimum absolute atomic E-state index is 0.356. The molecule has 1 aromatic heterocycles. The molecule has 1 aliphatic heterocycles. The van der Waals surface area contributed by atoms with E-state index in [2.05, 4.69) is 14.7 Å². The van der Waals surface area contributed by atoms with Gasteiger partial charge in [0.05, 0.1) is 13.7 Å². The summed E-state index contributed by atoms with van der Waals surface area (Å²) in [6.45, 7) is -0.606. The number of methoxy groups -OCH3 is 1. The number of aromatic nitrogens is 2. The van der Waals surface area contributed by atoms with Gasteiger partial charge in [0.25, 0.3) is 0 Å². The number of aliphatic hydroxyl groups excluding tert-OH is 3. The van der Waals surface area contributed by atoms with Crippen LogP contribution in [-0.2, 0) is 10.9 Å². The molecule has 2 rings (SSSR count). The Balaban J connectivity index is 2.40. The van der Waals surface area contributed by atoms with Crippen LogP contribution in [0.5, 0.6) is 5.88 Å². The highest BCUT2D eigenvalue weighted by atomic mass is 19.4. The van der Waals surface area contributed by atoms with Gasteiger partial charge in [0.1, 0.15) is 24.4 Å². The van der Waals surface area contributed by atoms with Gasteiger partial charge in [-0.3, -0.25) is 0 Å². The topological polar surface area (TPSA) is 105 Å². The Morgan fingerprint density at radius 2 is 1.95 bits per heavy atom. The van der Waals surface area contributed by atoms with E-state index in [1.807, 2.05) is 0 Å². The van der Waals surface area contributed by atoms with Gasteiger partial charge >= 0.3 is 6.18 Å². The molecular formula is C11H13F3N2O5. The van der Waals surface area contributed by atoms with Crippen LogP contribution < -0.4 is 4.74 Å². The highest BCUT2D eigenvalue weighted by molar-refractivity contribution is 5.20. The summed E-state index contributed by atoms with van der Waals surface area (Å²) in [6.07, 6.45) is -10.3. The maximum absolute atomic E-state index is 12.7. The van der Waals surface area contributed by atoms with Crippen molar-refractivity contribution >= 4 is 0 Å². The van der Waals surface area contributed by atoms with Gasteiger partial charge in [0.15, 0.2) is 11.5 Å². The zero-order chi connectivity index (χ0) is 15.8. The number of alkyl halides is 3. The van der Waals surface area contributed by atoms with E-state index in [4.69, 9.17) is 9.84 Å². The summed E-state index contributed by atoms with van der Waals surface area (Å²) >= 11 is 0. The zero-order valence-electron chi connectivity index (χ0n) is 10.8. The molecule has 1 aliphatic rings. The molecule has 0 spiro atoms. The van der Waals surface area contributed by atoms with Gasteiger partial charge in [0, 0.05) is 6.07 Å². The number of nitrogens with zero attached hydrogens (tertiary/aromatic N) is 2. The third-order valence-corrected chi connectivity index (χ3v) is 3.02. The third kappa shape index (κ3) is 3.07. The maximum atomic E-state index is 12.7. The highest BCUT2D eigenvalue weighted by Crippen LogP contribution is 2.35. The Morgan fingerprint density at radius 3 is 2.43 bits per heavy atom. The first kappa shape index (κ1) is 15.9. The lowest BCUT2D eigenvalue weighted by atomic mass is 10.1. The molecule has 3 N–H and O–H groups in total. The molecule has 0 saturated carbocycles. The van der Waals surface area contributed by atoms with Crippen molar-refractivity contribution in [3.63, 3.8) is 0 Å². The highest BCUT2D eigenvalue weighted by Gasteiger charge is 2.45. The molecule has 21 heavy (non-hydrogen) atoms. The van der Waals surface area contributed by atoms with Crippen LogP contribution in [0.2, 0.25) is 0 Å². The molecule has 0 amide bonds. The minimum atomic E-state index is -4.73. The van der Waals surface area contributed by atoms with Crippen molar-refractivity contribution in [2.45, 2.75) is 30.6 Å². The van der Waals surface area contributed by atoms with Gasteiger partial charge in [-0.1, -0.05) is 0 Å². The standard InChI is InChI=1S/C11H13F3N2O5/c1-20-6-2-5(11(12,13)14)15-10(16-6)9-8(19)7(18)4(3-17)21-9/h2,4,7-9,17-19H,3H2,1H3/t4-,7-,8-,9-/m1/s1. The minimum Gasteiger partial charge on any atom is -0.481 e. The van der Waals surface area contributed by atoms with Crippen molar-refractivity contribution in [3.8, 4) is 5.88 Å². The van der Waals surface area contributed by atoms with E-state index in [1.165, 1.54) is 0 Å². The smallest absolute Gasteiger partial charge is 0.433 e. The number of ether oxygens (including phenoxy) is 2. The fraction of sp³-hybridized carbons (Fsp3) is 0.636. The largest absolute Gasteiger partial charge is 0.481 e. The number of hydrogen-bond acceptors (Lipinski definition) is 7. The van der Waals surface area contributed by atoms with E-state index < -0.39 is 48.7 Å². The van der Waals surface area contributed by atoms with Gasteiger partial charge < -0.3 is 24.8 Å². The Kier molecular flexibility index (Phi) is 4.33. The number of hydrogen-bond donors (Lipinski definition) is 3. The van der Waals surface area contributed by atoms with Crippen molar-refractivity contribution in [1.29, 1.82) is 0 Å². The molecule has 0 unspecified atom stereocenters. The monoisotopic (exact) mass is 310 g/mol. The normalized spacial score (nSPS) is 29.7. The summed E-state index contributed by atoms with van der Waals surface area (Å²) in [6, 6.07) is 0.602. The van der Waals surface area contributed by atoms with Crippen LogP contribution in [-0.4, -0.2) is 57.3 Å². The Labute approximate surface area is 117 Å². The van der Waals surface area contributed by atoms with Crippen molar-refractivity contribution in [3.05, 3.63) is 17.6 Å². The van der Waals surface area contributed by atoms with E-state index >= 15 is 0 Å². The van der Waals surface area contributed by atoms with Gasteiger partial charge in [-0.15, -0.1) is 0 Å². The Hall–Kier alpha value is -1.49. The van der Waals surface area contributed by atoms with Crippen molar-refractivity contribution in [2.24, 2.45) is 0 Å². The summed E-state index contributed by atoms with van der Waals surface area (Å²) in [5.41, 5.74) is -1.26. The molecule has 1 aromatic rings. The quantitative estimate of drug-likeness (QED) is 0.701. The number of rotatable bonds is 3. The summed E-state index contributed by atoms with van der Waals surface area (Å²) in [7, 11) is 1.13. The molecule has 1 saturated heterocycles. The SMILES string of the molecule is COc1cc(C(F)(F)F)nc([C@@H]2O[C@H](CO)[C@@H](O)[C@H]2O)n1. The van der Waals surface area contributed by atoms with E-state index in [1.54, 1.807) is 0 Å². The molecule has 2 heterocycles. The van der Waals surface area contributed by atoms with Crippen LogP contribution in [0.4, 0.5) is 13.2 Å². The van der Waals surface area contributed by atoms with Gasteiger partial charge in [-0.05, 0) is 0 Å². The second-order valence-electron chi connectivity index (χ2n) is 4.41. The Bertz CT molecular complexity index is 513. The maximum Gasteiger partial charge on any atom is 0.433 e. The van der Waals surface area contributed by atoms with E-state index in [0.29, 0.717) is 6.07 Å². The zero-order valence-corrected chi connectivity index (χ0v) is 10.8. The predicted molar refractivity (Wildman–Crippen MR) is 60.3 cm³/mol. The third-order valence-electron chi connectivity index (χ3n) is 3.02. The van der Waals surface area contributed by atoms with Crippen LogP contribution >= 0.6 is 0 Å². The van der Waals surface area contributed by atoms with Gasteiger partial charge in [-0.2, -0.15) is 18.2 Å². The molecule has 0 radical (unpaired) electrons. The molecule has 0 bridgehead atoms. The van der Waals surface area contributed by atoms with E-state index in [0.717, 1.165) is 7.11 Å². The van der Waals surface area contributed by atoms with E-state index in [-0.39, 0.29) is 5.88 Å². The van der Waals surface area contributed by atoms with E-state index in [9.17, 15) is 23.4 Å². The van der Waals surface area contributed by atoms with Crippen molar-refractivity contribution in [1.82, 2.24) is 9.97 Å². The lowest BCUT2D eigenvalue weighted by molar-refractivity contribution is -0.141. The average molecular weight is 310 g/mol. The fourth-order valence-corrected chi connectivity index (χ4v) is 1.93. The van der Waals surface area contributed by atoms with Crippen LogP contribution in [0.15, 0.2) is 6.07 Å². The molecule has 0 aromatic carbocycles. The first-order valence-corrected chi connectivity index (χ1v) is 5.90. The molecule has 0 aliphatic carbocycles. The Morgan fingerprint density at radius 1 is 1.29 bits per heavy atom. The summed E-state index contributed by atoms with van der Waals surface area (Å²) in [4.78, 5) is 6.98. The van der Waals surface area contributed by atoms with Crippen LogP contribution in [0.3, 0.4) is 0 Å². The second-order valence-corrected chi connectivity index (χ2v) is 4.41. The fourth-order valence-electron chi connectivity index (χ4n) is 1.93. The summed E-state index contributed by atoms with van der Waals surface area (Å²) < 4.78 is 48.0. The molecule has 118 valence electrons. The molecular weight excluding hydrogens is 297 g/mol. The van der Waals surface area contributed by atoms with Crippen LogP contribution in [0, 0.1) is 0 Å². The van der Waals surface area contributed by atoms with Gasteiger partial charge in [0.2, 0.25) is 5.88 Å². The lowest BCUT2D eigenvalue weighted by Gasteiger charge is -2.16. The molecule has 7 nitrogen and oxygen atoms in total.